The number of hydrogen-bond acceptors (Lipinski definition) is 2. The van der Waals surface area contributed by atoms with Crippen molar-refractivity contribution in [3.8, 4) is 0 Å². The second kappa shape index (κ2) is 5.89. The normalized spacial score (nSPS) is 11.9. The third kappa shape index (κ3) is 4.63. The van der Waals surface area contributed by atoms with Gasteiger partial charge in [-0.1, -0.05) is 23.2 Å². The summed E-state index contributed by atoms with van der Waals surface area (Å²) >= 11 is 11.5. The summed E-state index contributed by atoms with van der Waals surface area (Å²) in [6.45, 7) is 1.61. The van der Waals surface area contributed by atoms with Gasteiger partial charge in [0.05, 0.1) is 6.42 Å². The lowest BCUT2D eigenvalue weighted by Gasteiger charge is -2.11. The van der Waals surface area contributed by atoms with E-state index < -0.39 is 17.9 Å². The van der Waals surface area contributed by atoms with Crippen molar-refractivity contribution in [2.24, 2.45) is 0 Å². The predicted molar refractivity (Wildman–Crippen MR) is 65.6 cm³/mol. The van der Waals surface area contributed by atoms with E-state index in [1.54, 1.807) is 6.92 Å². The van der Waals surface area contributed by atoms with Gasteiger partial charge >= 0.3 is 5.97 Å². The molecule has 0 aliphatic heterocycles. The number of rotatable bonds is 4. The van der Waals surface area contributed by atoms with Crippen LogP contribution >= 0.6 is 23.2 Å². The fourth-order valence-corrected chi connectivity index (χ4v) is 1.83. The summed E-state index contributed by atoms with van der Waals surface area (Å²) < 4.78 is 0. The molecule has 0 heterocycles. The van der Waals surface area contributed by atoms with Crippen molar-refractivity contribution in [2.45, 2.75) is 19.4 Å². The van der Waals surface area contributed by atoms with Crippen molar-refractivity contribution in [3.05, 3.63) is 33.8 Å². The number of nitrogens with one attached hydrogen (secondary N) is 1. The maximum Gasteiger partial charge on any atom is 0.305 e. The van der Waals surface area contributed by atoms with Gasteiger partial charge in [0.15, 0.2) is 0 Å². The molecule has 92 valence electrons. The molecule has 0 aliphatic rings. The number of aliphatic carboxylic acids is 1. The van der Waals surface area contributed by atoms with Crippen LogP contribution in [0.2, 0.25) is 10.0 Å². The summed E-state index contributed by atoms with van der Waals surface area (Å²) in [7, 11) is 0. The first-order valence-electron chi connectivity index (χ1n) is 4.87. The summed E-state index contributed by atoms with van der Waals surface area (Å²) in [5.74, 6) is -1.37. The predicted octanol–water partition coefficient (Wildman–Crippen LogP) is 2.59. The van der Waals surface area contributed by atoms with Gasteiger partial charge < -0.3 is 10.4 Å². The molecule has 1 aromatic rings. The Balaban J connectivity index is 2.72. The second-order valence-electron chi connectivity index (χ2n) is 3.63. The zero-order valence-electron chi connectivity index (χ0n) is 9.04. The monoisotopic (exact) mass is 275 g/mol. The van der Waals surface area contributed by atoms with Crippen LogP contribution in [0.1, 0.15) is 23.7 Å². The van der Waals surface area contributed by atoms with Crippen molar-refractivity contribution in [3.63, 3.8) is 0 Å². The van der Waals surface area contributed by atoms with E-state index in [4.69, 9.17) is 28.3 Å². The molecule has 0 saturated carbocycles. The number of carboxylic acids is 1. The summed E-state index contributed by atoms with van der Waals surface area (Å²) in [5.41, 5.74) is 0.305. The minimum atomic E-state index is -0.970. The fourth-order valence-electron chi connectivity index (χ4n) is 1.31. The smallest absolute Gasteiger partial charge is 0.305 e. The van der Waals surface area contributed by atoms with Crippen molar-refractivity contribution < 1.29 is 14.7 Å². The van der Waals surface area contributed by atoms with Crippen LogP contribution in [-0.2, 0) is 4.79 Å². The highest BCUT2D eigenvalue weighted by molar-refractivity contribution is 6.35. The highest BCUT2D eigenvalue weighted by Gasteiger charge is 2.13. The Labute approximate surface area is 109 Å². The largest absolute Gasteiger partial charge is 0.481 e. The number of halogens is 2. The zero-order valence-corrected chi connectivity index (χ0v) is 10.5. The molecule has 6 heteroatoms. The lowest BCUT2D eigenvalue weighted by molar-refractivity contribution is -0.137. The first kappa shape index (κ1) is 13.8. The minimum absolute atomic E-state index is 0.139. The van der Waals surface area contributed by atoms with Gasteiger partial charge in [-0.15, -0.1) is 0 Å². The Bertz CT molecular complexity index is 428. The van der Waals surface area contributed by atoms with Crippen LogP contribution in [0.5, 0.6) is 0 Å². The molecule has 17 heavy (non-hydrogen) atoms. The molecule has 4 nitrogen and oxygen atoms in total. The molecular formula is C11H11Cl2NO3. The van der Waals surface area contributed by atoms with Gasteiger partial charge in [0.25, 0.3) is 5.91 Å². The minimum Gasteiger partial charge on any atom is -0.481 e. The molecule has 0 bridgehead atoms. The maximum atomic E-state index is 11.7. The second-order valence-corrected chi connectivity index (χ2v) is 4.50. The van der Waals surface area contributed by atoms with Gasteiger partial charge in [-0.2, -0.15) is 0 Å². The SMILES string of the molecule is CC(CC(=O)O)NC(=O)c1cc(Cl)cc(Cl)c1. The number of carbonyl (C=O) groups is 2. The molecule has 0 aliphatic carbocycles. The molecule has 1 rings (SSSR count). The molecule has 1 aromatic carbocycles. The standard InChI is InChI=1S/C11H11Cl2NO3/c1-6(2-10(15)16)14-11(17)7-3-8(12)5-9(13)4-7/h3-6H,2H2,1H3,(H,14,17)(H,15,16). The lowest BCUT2D eigenvalue weighted by atomic mass is 10.2. The van der Waals surface area contributed by atoms with Crippen molar-refractivity contribution >= 4 is 35.1 Å². The molecule has 2 N–H and O–H groups in total. The summed E-state index contributed by atoms with van der Waals surface area (Å²) in [6.07, 6.45) is -0.139. The molecular weight excluding hydrogens is 265 g/mol. The molecule has 1 unspecified atom stereocenters. The van der Waals surface area contributed by atoms with Gasteiger partial charge in [0, 0.05) is 21.7 Å². The third-order valence-corrected chi connectivity index (χ3v) is 2.42. The van der Waals surface area contributed by atoms with Gasteiger partial charge in [-0.25, -0.2) is 0 Å². The quantitative estimate of drug-likeness (QED) is 0.888. The number of carboxylic acid groups (broad SMARTS) is 1. The van der Waals surface area contributed by atoms with E-state index in [1.165, 1.54) is 18.2 Å². The molecule has 0 saturated heterocycles. The van der Waals surface area contributed by atoms with Crippen LogP contribution in [0.25, 0.3) is 0 Å². The van der Waals surface area contributed by atoms with E-state index in [-0.39, 0.29) is 6.42 Å². The maximum absolute atomic E-state index is 11.7. The van der Waals surface area contributed by atoms with E-state index in [0.717, 1.165) is 0 Å². The first-order chi connectivity index (χ1) is 7.88. The Hall–Kier alpha value is -1.26. The zero-order chi connectivity index (χ0) is 13.0. The van der Waals surface area contributed by atoms with Crippen molar-refractivity contribution in [2.75, 3.05) is 0 Å². The van der Waals surface area contributed by atoms with Gasteiger partial charge in [0.2, 0.25) is 0 Å². The number of carbonyl (C=O) groups excluding carboxylic acids is 1. The van der Waals surface area contributed by atoms with Crippen LogP contribution < -0.4 is 5.32 Å². The Morgan fingerprint density at radius 2 is 1.82 bits per heavy atom. The molecule has 1 atom stereocenters. The van der Waals surface area contributed by atoms with Gasteiger partial charge in [-0.3, -0.25) is 9.59 Å². The summed E-state index contributed by atoms with van der Waals surface area (Å²) in [5, 5.41) is 11.8. The van der Waals surface area contributed by atoms with E-state index in [9.17, 15) is 9.59 Å². The highest BCUT2D eigenvalue weighted by Crippen LogP contribution is 2.19. The topological polar surface area (TPSA) is 66.4 Å². The molecule has 0 fully saturated rings. The summed E-state index contributed by atoms with van der Waals surface area (Å²) in [4.78, 5) is 22.2. The number of amides is 1. The summed E-state index contributed by atoms with van der Waals surface area (Å²) in [6, 6.07) is 3.99. The van der Waals surface area contributed by atoms with Crippen LogP contribution in [0.3, 0.4) is 0 Å². The van der Waals surface area contributed by atoms with E-state index >= 15 is 0 Å². The Kier molecular flexibility index (Phi) is 4.78. The molecule has 0 radical (unpaired) electrons. The fraction of sp³-hybridized carbons (Fsp3) is 0.273. The van der Waals surface area contributed by atoms with Crippen molar-refractivity contribution in [1.29, 1.82) is 0 Å². The van der Waals surface area contributed by atoms with Crippen LogP contribution in [-0.4, -0.2) is 23.0 Å². The van der Waals surface area contributed by atoms with Crippen LogP contribution in [0, 0.1) is 0 Å². The Morgan fingerprint density at radius 3 is 2.29 bits per heavy atom. The average Bonchev–Trinajstić information content (AvgIpc) is 2.14. The van der Waals surface area contributed by atoms with Crippen LogP contribution in [0.4, 0.5) is 0 Å². The first-order valence-corrected chi connectivity index (χ1v) is 5.63. The average molecular weight is 276 g/mol. The molecule has 1 amide bonds. The molecule has 0 spiro atoms. The van der Waals surface area contributed by atoms with Gasteiger partial charge in [-0.05, 0) is 25.1 Å². The Morgan fingerprint density at radius 1 is 1.29 bits per heavy atom. The van der Waals surface area contributed by atoms with Gasteiger partial charge in [0.1, 0.15) is 0 Å². The lowest BCUT2D eigenvalue weighted by Crippen LogP contribution is -2.34. The van der Waals surface area contributed by atoms with E-state index in [2.05, 4.69) is 5.32 Å². The van der Waals surface area contributed by atoms with E-state index in [0.29, 0.717) is 15.6 Å². The van der Waals surface area contributed by atoms with Crippen LogP contribution in [0.15, 0.2) is 18.2 Å². The number of benzene rings is 1. The number of hydrogen-bond donors (Lipinski definition) is 2. The highest BCUT2D eigenvalue weighted by atomic mass is 35.5. The third-order valence-electron chi connectivity index (χ3n) is 1.98. The van der Waals surface area contributed by atoms with Crippen molar-refractivity contribution in [1.82, 2.24) is 5.32 Å². The molecule has 0 aromatic heterocycles. The van der Waals surface area contributed by atoms with E-state index in [1.807, 2.05) is 0 Å².